The van der Waals surface area contributed by atoms with Crippen LogP contribution in [-0.2, 0) is 22.6 Å². The quantitative estimate of drug-likeness (QED) is 0.400. The van der Waals surface area contributed by atoms with Gasteiger partial charge in [0, 0.05) is 44.9 Å². The van der Waals surface area contributed by atoms with Crippen molar-refractivity contribution in [1.29, 1.82) is 0 Å². The molecule has 0 saturated carbocycles. The Morgan fingerprint density at radius 2 is 1.85 bits per heavy atom. The summed E-state index contributed by atoms with van der Waals surface area (Å²) in [4.78, 5) is 26.5. The number of primary amides is 1. The third-order valence-corrected chi connectivity index (χ3v) is 6.76. The number of carbonyl (C=O) groups is 2. The number of ether oxygens (including phenoxy) is 3. The minimum Gasteiger partial charge on any atom is -0.483 e. The third-order valence-electron chi connectivity index (χ3n) is 6.76. The molecular formula is C27H31F3N4O5. The van der Waals surface area contributed by atoms with Crippen molar-refractivity contribution in [1.82, 2.24) is 9.47 Å². The van der Waals surface area contributed by atoms with Gasteiger partial charge in [0.05, 0.1) is 17.7 Å². The van der Waals surface area contributed by atoms with Crippen LogP contribution in [0, 0.1) is 0 Å². The minimum atomic E-state index is -4.88. The summed E-state index contributed by atoms with van der Waals surface area (Å²) in [5.41, 5.74) is 13.3. The number of fused-ring (bicyclic) bond motifs is 1. The van der Waals surface area contributed by atoms with Crippen LogP contribution in [0.2, 0.25) is 0 Å². The normalized spacial score (nSPS) is 14.5. The van der Waals surface area contributed by atoms with Crippen LogP contribution in [0.3, 0.4) is 0 Å². The summed E-state index contributed by atoms with van der Waals surface area (Å²) in [6.07, 6.45) is -2.07. The van der Waals surface area contributed by atoms with E-state index >= 15 is 0 Å². The number of likely N-dealkylation sites (tertiary alicyclic amines) is 1. The SMILES string of the molecule is COCCn1cc(C(=O)N2CCC(c3cc(CN)ccc3OCC(N)=O)CC2)c2cccc(OC(F)(F)F)c21. The zero-order valence-corrected chi connectivity index (χ0v) is 21.5. The summed E-state index contributed by atoms with van der Waals surface area (Å²) in [7, 11) is 1.49. The van der Waals surface area contributed by atoms with Crippen LogP contribution in [-0.4, -0.2) is 61.1 Å². The number of para-hydroxylation sites is 1. The van der Waals surface area contributed by atoms with Crippen molar-refractivity contribution < 1.29 is 37.0 Å². The number of benzene rings is 2. The van der Waals surface area contributed by atoms with E-state index < -0.39 is 12.3 Å². The zero-order chi connectivity index (χ0) is 28.2. The molecule has 0 radical (unpaired) electrons. The van der Waals surface area contributed by atoms with Gasteiger partial charge in [-0.1, -0.05) is 24.3 Å². The molecule has 210 valence electrons. The fraction of sp³-hybridized carbons (Fsp3) is 0.407. The lowest BCUT2D eigenvalue weighted by Crippen LogP contribution is -2.38. The number of hydrogen-bond acceptors (Lipinski definition) is 6. The van der Waals surface area contributed by atoms with Crippen LogP contribution >= 0.6 is 0 Å². The van der Waals surface area contributed by atoms with E-state index in [2.05, 4.69) is 4.74 Å². The standard InChI is InChI=1S/C27H31F3N4O5/c1-37-12-11-34-15-21(19-3-2-4-23(25(19)34)39-27(28,29)30)26(36)33-9-7-18(8-10-33)20-13-17(14-31)5-6-22(20)38-16-24(32)35/h2-6,13,15,18H,7-12,14,16,31H2,1H3,(H2,32,35). The lowest BCUT2D eigenvalue weighted by molar-refractivity contribution is -0.274. The maximum atomic E-state index is 13.6. The number of hydrogen-bond donors (Lipinski definition) is 2. The van der Waals surface area contributed by atoms with Gasteiger partial charge in [0.1, 0.15) is 5.75 Å². The van der Waals surface area contributed by atoms with Gasteiger partial charge >= 0.3 is 6.36 Å². The Kier molecular flexibility index (Phi) is 8.66. The number of amides is 2. The lowest BCUT2D eigenvalue weighted by atomic mass is 9.87. The van der Waals surface area contributed by atoms with Gasteiger partial charge in [-0.05, 0) is 42.0 Å². The second kappa shape index (κ2) is 12.0. The minimum absolute atomic E-state index is 0.0539. The van der Waals surface area contributed by atoms with Gasteiger partial charge in [0.2, 0.25) is 0 Å². The number of aromatic nitrogens is 1. The van der Waals surface area contributed by atoms with Crippen LogP contribution < -0.4 is 20.9 Å². The highest BCUT2D eigenvalue weighted by molar-refractivity contribution is 6.08. The molecule has 1 aliphatic rings. The second-order valence-corrected chi connectivity index (χ2v) is 9.33. The maximum absolute atomic E-state index is 13.6. The first-order valence-corrected chi connectivity index (χ1v) is 12.5. The van der Waals surface area contributed by atoms with Crippen LogP contribution in [0.4, 0.5) is 13.2 Å². The number of piperidine rings is 1. The molecule has 4 N–H and O–H groups in total. The summed E-state index contributed by atoms with van der Waals surface area (Å²) in [5, 5.41) is 0.373. The van der Waals surface area contributed by atoms with Crippen LogP contribution in [0.15, 0.2) is 42.6 Å². The van der Waals surface area contributed by atoms with Crippen molar-refractivity contribution in [3.05, 3.63) is 59.3 Å². The average Bonchev–Trinajstić information content (AvgIpc) is 3.29. The van der Waals surface area contributed by atoms with Gasteiger partial charge in [-0.25, -0.2) is 0 Å². The molecule has 1 fully saturated rings. The molecule has 1 aromatic heterocycles. The van der Waals surface area contributed by atoms with Gasteiger partial charge in [-0.2, -0.15) is 0 Å². The molecule has 1 saturated heterocycles. The molecule has 2 heterocycles. The predicted molar refractivity (Wildman–Crippen MR) is 137 cm³/mol. The van der Waals surface area contributed by atoms with E-state index in [4.69, 9.17) is 20.9 Å². The maximum Gasteiger partial charge on any atom is 0.573 e. The van der Waals surface area contributed by atoms with Crippen molar-refractivity contribution in [2.24, 2.45) is 11.5 Å². The smallest absolute Gasteiger partial charge is 0.483 e. The van der Waals surface area contributed by atoms with Crippen molar-refractivity contribution >= 4 is 22.7 Å². The molecule has 3 aromatic rings. The van der Waals surface area contributed by atoms with E-state index in [9.17, 15) is 22.8 Å². The molecular weight excluding hydrogens is 517 g/mol. The highest BCUT2D eigenvalue weighted by Crippen LogP contribution is 2.37. The zero-order valence-electron chi connectivity index (χ0n) is 21.5. The summed E-state index contributed by atoms with van der Waals surface area (Å²) in [6, 6.07) is 9.83. The third kappa shape index (κ3) is 6.63. The van der Waals surface area contributed by atoms with Gasteiger partial charge in [-0.15, -0.1) is 13.2 Å². The molecule has 2 aromatic carbocycles. The number of carbonyl (C=O) groups excluding carboxylic acids is 2. The average molecular weight is 549 g/mol. The number of rotatable bonds is 10. The second-order valence-electron chi connectivity index (χ2n) is 9.33. The van der Waals surface area contributed by atoms with Gasteiger partial charge in [-0.3, -0.25) is 9.59 Å². The van der Waals surface area contributed by atoms with Crippen molar-refractivity contribution in [2.45, 2.75) is 38.2 Å². The van der Waals surface area contributed by atoms with Gasteiger partial charge < -0.3 is 35.1 Å². The van der Waals surface area contributed by atoms with Crippen LogP contribution in [0.25, 0.3) is 10.9 Å². The molecule has 0 bridgehead atoms. The molecule has 4 rings (SSSR count). The van der Waals surface area contributed by atoms with Gasteiger partial charge in [0.25, 0.3) is 11.8 Å². The van der Waals surface area contributed by atoms with E-state index in [0.29, 0.717) is 49.2 Å². The first-order chi connectivity index (χ1) is 18.6. The number of nitrogens with two attached hydrogens (primary N) is 2. The fourth-order valence-corrected chi connectivity index (χ4v) is 4.96. The van der Waals surface area contributed by atoms with E-state index in [1.165, 1.54) is 19.2 Å². The molecule has 0 spiro atoms. The Bertz CT molecular complexity index is 1330. The Balaban J connectivity index is 1.57. The first-order valence-electron chi connectivity index (χ1n) is 12.5. The monoisotopic (exact) mass is 548 g/mol. The van der Waals surface area contributed by atoms with Crippen LogP contribution in [0.5, 0.6) is 11.5 Å². The lowest BCUT2D eigenvalue weighted by Gasteiger charge is -2.33. The Morgan fingerprint density at radius 1 is 1.10 bits per heavy atom. The molecule has 2 amide bonds. The summed E-state index contributed by atoms with van der Waals surface area (Å²) in [6.45, 7) is 1.43. The molecule has 0 aliphatic carbocycles. The van der Waals surface area contributed by atoms with Crippen LogP contribution in [0.1, 0.15) is 40.2 Å². The summed E-state index contributed by atoms with van der Waals surface area (Å²) >= 11 is 0. The highest BCUT2D eigenvalue weighted by Gasteiger charge is 2.34. The van der Waals surface area contributed by atoms with Crippen molar-refractivity contribution in [3.8, 4) is 11.5 Å². The molecule has 0 atom stereocenters. The van der Waals surface area contributed by atoms with E-state index in [1.807, 2.05) is 12.1 Å². The number of nitrogens with zero attached hydrogens (tertiary/aromatic N) is 2. The summed E-state index contributed by atoms with van der Waals surface area (Å²) < 4.78 is 55.8. The molecule has 1 aliphatic heterocycles. The van der Waals surface area contributed by atoms with Crippen molar-refractivity contribution in [2.75, 3.05) is 33.4 Å². The Labute approximate surface area is 223 Å². The van der Waals surface area contributed by atoms with E-state index in [-0.39, 0.29) is 42.8 Å². The Hall–Kier alpha value is -3.77. The molecule has 39 heavy (non-hydrogen) atoms. The molecule has 9 nitrogen and oxygen atoms in total. The summed E-state index contributed by atoms with van der Waals surface area (Å²) in [5.74, 6) is -0.637. The topological polar surface area (TPSA) is 122 Å². The predicted octanol–water partition coefficient (Wildman–Crippen LogP) is 3.53. The largest absolute Gasteiger partial charge is 0.573 e. The number of alkyl halides is 3. The highest BCUT2D eigenvalue weighted by atomic mass is 19.4. The van der Waals surface area contributed by atoms with E-state index in [0.717, 1.165) is 11.1 Å². The molecule has 12 heteroatoms. The number of methoxy groups -OCH3 is 1. The fourth-order valence-electron chi connectivity index (χ4n) is 4.96. The van der Waals surface area contributed by atoms with Crippen molar-refractivity contribution in [3.63, 3.8) is 0 Å². The Morgan fingerprint density at radius 3 is 2.49 bits per heavy atom. The van der Waals surface area contributed by atoms with E-state index in [1.54, 1.807) is 27.8 Å². The first kappa shape index (κ1) is 28.2. The number of halogens is 3. The van der Waals surface area contributed by atoms with Gasteiger partial charge in [0.15, 0.2) is 12.4 Å². The molecule has 0 unspecified atom stereocenters.